The number of nitrogens with one attached hydrogen (secondary N) is 1. The molecule has 2 nitrogen and oxygen atoms in total. The van der Waals surface area contributed by atoms with Crippen molar-refractivity contribution in [2.45, 2.75) is 69.2 Å². The summed E-state index contributed by atoms with van der Waals surface area (Å²) in [6, 6.07) is 179. The number of rotatable bonds is 25. The van der Waals surface area contributed by atoms with Crippen molar-refractivity contribution >= 4 is 127 Å². The van der Waals surface area contributed by atoms with Gasteiger partial charge in [0.2, 0.25) is 0 Å². The van der Waals surface area contributed by atoms with Crippen molar-refractivity contribution in [3.8, 4) is 0 Å². The quantitative estimate of drug-likeness (QED) is 0.0351. The average molecular weight is 1610 g/mol. The molecule has 18 rings (SSSR count). The van der Waals surface area contributed by atoms with Crippen LogP contribution in [0.25, 0.3) is 0 Å². The molecule has 1 aliphatic rings. The lowest BCUT2D eigenvalue weighted by Crippen LogP contribution is -2.74. The van der Waals surface area contributed by atoms with Gasteiger partial charge in [0.1, 0.15) is 6.29 Å². The Kier molecular flexibility index (Phi) is 22.3. The first kappa shape index (κ1) is 78.3. The van der Waals surface area contributed by atoms with E-state index in [0.29, 0.717) is 0 Å². The van der Waals surface area contributed by atoms with Gasteiger partial charge < -0.3 is 5.32 Å². The minimum Gasteiger partial charge on any atom is -0.378 e. The van der Waals surface area contributed by atoms with Crippen LogP contribution in [0.4, 0.5) is 5.69 Å². The second kappa shape index (κ2) is 34.2. The number of hydrogen-bond donors (Lipinski definition) is 1. The van der Waals surface area contributed by atoms with E-state index in [1.165, 1.54) is 105 Å². The van der Waals surface area contributed by atoms with Gasteiger partial charge in [-0.05, 0) is 147 Å². The van der Waals surface area contributed by atoms with Gasteiger partial charge in [0.25, 0.3) is 0 Å². The second-order valence-electron chi connectivity index (χ2n) is 33.0. The molecular formula is C114H99NOSi4. The van der Waals surface area contributed by atoms with E-state index in [0.717, 1.165) is 35.1 Å². The number of carbonyl (C=O) groups is 1. The van der Waals surface area contributed by atoms with Crippen LogP contribution in [-0.4, -0.2) is 44.1 Å². The van der Waals surface area contributed by atoms with Crippen molar-refractivity contribution in [2.24, 2.45) is 0 Å². The lowest BCUT2D eigenvalue weighted by molar-refractivity contribution is 0.112. The molecule has 1 aliphatic heterocycles. The summed E-state index contributed by atoms with van der Waals surface area (Å²) in [5, 5.41) is 26.0. The summed E-state index contributed by atoms with van der Waals surface area (Å²) in [5.74, 6) is -0.441. The molecule has 0 saturated carbocycles. The molecule has 17 aromatic rings. The minimum atomic E-state index is -2.92. The van der Waals surface area contributed by atoms with E-state index in [2.05, 4.69) is 506 Å². The van der Waals surface area contributed by atoms with Gasteiger partial charge >= 0.3 is 0 Å². The lowest BCUT2D eigenvalue weighted by Gasteiger charge is -2.52. The average Bonchev–Trinajstić information content (AvgIpc) is 0.791. The molecule has 6 heteroatoms. The molecule has 1 heterocycles. The molecule has 0 bridgehead atoms. The van der Waals surface area contributed by atoms with Crippen LogP contribution >= 0.6 is 0 Å². The van der Waals surface area contributed by atoms with E-state index in [-0.39, 0.29) is 29.6 Å². The maximum absolute atomic E-state index is 14.6. The summed E-state index contributed by atoms with van der Waals surface area (Å²) in [7, 11) is -11.6. The smallest absolute Gasteiger partial charge is 0.179 e. The summed E-state index contributed by atoms with van der Waals surface area (Å²) in [6.45, 7) is 9.80. The normalized spacial score (nSPS) is 15.2. The molecule has 0 amide bonds. The molecule has 582 valence electrons. The summed E-state index contributed by atoms with van der Waals surface area (Å²) in [4.78, 5) is 14.6. The lowest BCUT2D eigenvalue weighted by atomic mass is 9.60. The van der Waals surface area contributed by atoms with Gasteiger partial charge in [-0.3, -0.25) is 4.79 Å². The van der Waals surface area contributed by atoms with Crippen molar-refractivity contribution in [1.82, 2.24) is 0 Å². The summed E-state index contributed by atoms with van der Waals surface area (Å²) < 4.78 is 0. The molecule has 0 radical (unpaired) electrons. The molecular weight excluding hydrogens is 1510 g/mol. The summed E-state index contributed by atoms with van der Waals surface area (Å²) in [6.07, 6.45) is 1.89. The molecule has 1 N–H and O–H groups in total. The fourth-order valence-electron chi connectivity index (χ4n) is 21.1. The highest BCUT2D eigenvalue weighted by Crippen LogP contribution is 2.56. The van der Waals surface area contributed by atoms with Crippen molar-refractivity contribution in [1.29, 1.82) is 0 Å². The topological polar surface area (TPSA) is 29.1 Å². The first-order chi connectivity index (χ1) is 59.1. The number of aldehydes is 1. The molecule has 0 spiro atoms. The largest absolute Gasteiger partial charge is 0.378 e. The number of anilines is 1. The molecule has 0 saturated heterocycles. The second-order valence-corrected chi connectivity index (χ2v) is 48.2. The van der Waals surface area contributed by atoms with Crippen LogP contribution in [0, 0.1) is 0 Å². The van der Waals surface area contributed by atoms with Gasteiger partial charge in [0.05, 0.1) is 5.54 Å². The minimum absolute atomic E-state index is 0.0215. The van der Waals surface area contributed by atoms with Crippen molar-refractivity contribution in [2.75, 3.05) is 5.32 Å². The zero-order valence-corrected chi connectivity index (χ0v) is 72.6. The first-order valence-electron chi connectivity index (χ1n) is 42.6. The molecule has 5 unspecified atom stereocenters. The summed E-state index contributed by atoms with van der Waals surface area (Å²) >= 11 is 0. The third kappa shape index (κ3) is 13.8. The van der Waals surface area contributed by atoms with Crippen LogP contribution in [0.1, 0.15) is 107 Å². The Labute approximate surface area is 713 Å². The maximum Gasteiger partial charge on any atom is 0.179 e. The molecule has 120 heavy (non-hydrogen) atoms. The Morgan fingerprint density at radius 2 is 0.458 bits per heavy atom. The van der Waals surface area contributed by atoms with Gasteiger partial charge in [0, 0.05) is 29.0 Å². The highest BCUT2D eigenvalue weighted by atomic mass is 28.3. The Balaban J connectivity index is 0.836. The maximum atomic E-state index is 14.6. The van der Waals surface area contributed by atoms with E-state index >= 15 is 0 Å². The van der Waals surface area contributed by atoms with Gasteiger partial charge in [-0.1, -0.05) is 489 Å². The summed E-state index contributed by atoms with van der Waals surface area (Å²) in [5.41, 5.74) is 8.24. The molecule has 0 aliphatic carbocycles. The molecule has 0 aromatic heterocycles. The zero-order valence-electron chi connectivity index (χ0n) is 68.6. The van der Waals surface area contributed by atoms with Crippen molar-refractivity contribution < 1.29 is 4.79 Å². The van der Waals surface area contributed by atoms with E-state index in [9.17, 15) is 4.79 Å². The predicted octanol–water partition coefficient (Wildman–Crippen LogP) is 16.2. The molecule has 17 aromatic carbocycles. The van der Waals surface area contributed by atoms with Crippen LogP contribution in [0.2, 0.25) is 0 Å². The van der Waals surface area contributed by atoms with Gasteiger partial charge in [0.15, 0.2) is 32.3 Å². The Hall–Kier alpha value is -12.9. The Bertz CT molecular complexity index is 5680. The predicted molar refractivity (Wildman–Crippen MR) is 519 cm³/mol. The number of carbonyl (C=O) groups excluding carboxylic acids is 1. The fourth-order valence-corrected chi connectivity index (χ4v) is 40.1. The third-order valence-corrected chi connectivity index (χ3v) is 46.4. The molecule has 0 fully saturated rings. The zero-order chi connectivity index (χ0) is 81.5. The number of hydrogen-bond acceptors (Lipinski definition) is 2. The van der Waals surface area contributed by atoms with Crippen LogP contribution < -0.4 is 88.3 Å². The highest BCUT2D eigenvalue weighted by molar-refractivity contribution is 7.22. The van der Waals surface area contributed by atoms with Crippen LogP contribution in [0.3, 0.4) is 0 Å². The van der Waals surface area contributed by atoms with E-state index < -0.39 is 37.8 Å². The van der Waals surface area contributed by atoms with Gasteiger partial charge in [-0.25, -0.2) is 0 Å². The molecule has 5 atom stereocenters. The van der Waals surface area contributed by atoms with Crippen LogP contribution in [-0.2, 0) is 0 Å². The van der Waals surface area contributed by atoms with E-state index in [4.69, 9.17) is 0 Å². The van der Waals surface area contributed by atoms with Crippen molar-refractivity contribution in [3.05, 3.63) is 512 Å². The van der Waals surface area contributed by atoms with Crippen LogP contribution in [0.5, 0.6) is 0 Å². The Morgan fingerprint density at radius 1 is 0.258 bits per heavy atom. The monoisotopic (exact) mass is 1610 g/mol. The van der Waals surface area contributed by atoms with E-state index in [1.54, 1.807) is 0 Å². The van der Waals surface area contributed by atoms with Gasteiger partial charge in [-0.15, -0.1) is 0 Å². The third-order valence-electron chi connectivity index (χ3n) is 27.2. The SMILES string of the molecule is CC(c1ccc([Si](c2ccccc2)(c2ccccc2)c2ccccc2)cc1)c1cc2c(cc1C=O)C(C(C)c1ccc([Si](c3ccccc3)(c3ccccc3)c3ccccc3)cc1)CC(C(C)c1ccc([Si](c3ccccc3)(c3ccccc3)c3ccccc3)cc1)(C(C)c1ccc([Si](c3ccccc3)(c3ccccc3)c3ccccc3)cc1)N2. The van der Waals surface area contributed by atoms with E-state index in [1.807, 2.05) is 0 Å². The standard InChI is InChI=1S/C114H99NOSi4/c1-85(89-65-73-106(74-66-89)117(94-41-17-5-18-42-94,95-43-19-6-20-44-95)96-45-21-7-22-46-96)110-82-113-111(81-93(110)84-116)112(86(2)90-67-75-107(76-68-90)118(97-47-23-8-24-48-97,98-49-25-9-26-50-98)99-51-27-10-28-52-99)83-114(115-113,87(3)91-69-77-108(78-70-91)119(100-53-29-11-30-54-100,101-55-31-12-32-56-101)102-57-33-13-34-58-102)88(4)92-71-79-109(80-72-92)120(103-59-35-14-36-60-103,104-61-37-15-38-62-104)105-63-39-16-40-64-105/h5-82,84-88,112,115H,83H2,1-4H3. The highest BCUT2D eigenvalue weighted by Gasteiger charge is 2.52. The fraction of sp³-hybridized carbons (Fsp3) is 0.0965. The van der Waals surface area contributed by atoms with Gasteiger partial charge in [-0.2, -0.15) is 0 Å². The number of fused-ring (bicyclic) bond motifs is 1. The first-order valence-corrected chi connectivity index (χ1v) is 50.6. The number of benzene rings is 17. The Morgan fingerprint density at radius 3 is 0.675 bits per heavy atom. The van der Waals surface area contributed by atoms with Crippen LogP contribution in [0.15, 0.2) is 473 Å². The van der Waals surface area contributed by atoms with Crippen molar-refractivity contribution in [3.63, 3.8) is 0 Å².